The van der Waals surface area contributed by atoms with Crippen molar-refractivity contribution in [2.45, 2.75) is 39.7 Å². The molecule has 7 heteroatoms. The molecule has 1 aliphatic heterocycles. The standard InChI is InChI=1S/C14H25N3O4/c1-9(2)7-15-12(18)10(3)16-14(21)17-6-4-5-11(8-17)13(19)20/h9-11H,4-8H2,1-3H3,(H,15,18)(H,16,21)(H,19,20)/t10?,11-/m0/s1. The van der Waals surface area contributed by atoms with Crippen LogP contribution in [0, 0.1) is 11.8 Å². The van der Waals surface area contributed by atoms with Crippen LogP contribution in [-0.4, -0.2) is 53.6 Å². The Hall–Kier alpha value is -1.79. The van der Waals surface area contributed by atoms with Crippen LogP contribution in [0.4, 0.5) is 4.79 Å². The van der Waals surface area contributed by atoms with Crippen molar-refractivity contribution in [3.8, 4) is 0 Å². The molecule has 0 aromatic carbocycles. The van der Waals surface area contributed by atoms with E-state index in [4.69, 9.17) is 5.11 Å². The van der Waals surface area contributed by atoms with Crippen molar-refractivity contribution in [2.75, 3.05) is 19.6 Å². The van der Waals surface area contributed by atoms with E-state index in [0.717, 1.165) is 0 Å². The molecular formula is C14H25N3O4. The fourth-order valence-corrected chi connectivity index (χ4v) is 2.16. The molecule has 1 rings (SSSR count). The Bertz CT molecular complexity index is 398. The second-order valence-corrected chi connectivity index (χ2v) is 5.93. The minimum atomic E-state index is -0.879. The van der Waals surface area contributed by atoms with Crippen molar-refractivity contribution < 1.29 is 19.5 Å². The van der Waals surface area contributed by atoms with E-state index >= 15 is 0 Å². The molecule has 21 heavy (non-hydrogen) atoms. The van der Waals surface area contributed by atoms with Gasteiger partial charge in [-0.25, -0.2) is 4.79 Å². The Balaban J connectivity index is 2.44. The van der Waals surface area contributed by atoms with E-state index in [1.165, 1.54) is 4.90 Å². The smallest absolute Gasteiger partial charge is 0.318 e. The number of hydrogen-bond acceptors (Lipinski definition) is 3. The van der Waals surface area contributed by atoms with Crippen molar-refractivity contribution in [3.63, 3.8) is 0 Å². The average molecular weight is 299 g/mol. The summed E-state index contributed by atoms with van der Waals surface area (Å²) >= 11 is 0. The molecule has 2 atom stereocenters. The van der Waals surface area contributed by atoms with Crippen LogP contribution in [0.2, 0.25) is 0 Å². The van der Waals surface area contributed by atoms with E-state index in [9.17, 15) is 14.4 Å². The van der Waals surface area contributed by atoms with Gasteiger partial charge in [-0.15, -0.1) is 0 Å². The quantitative estimate of drug-likeness (QED) is 0.694. The van der Waals surface area contributed by atoms with E-state index in [1.54, 1.807) is 6.92 Å². The maximum Gasteiger partial charge on any atom is 0.318 e. The van der Waals surface area contributed by atoms with Gasteiger partial charge in [-0.1, -0.05) is 13.8 Å². The fourth-order valence-electron chi connectivity index (χ4n) is 2.16. The minimum absolute atomic E-state index is 0.196. The number of rotatable bonds is 5. The van der Waals surface area contributed by atoms with Gasteiger partial charge in [-0.05, 0) is 25.7 Å². The van der Waals surface area contributed by atoms with Crippen LogP contribution < -0.4 is 10.6 Å². The molecule has 7 nitrogen and oxygen atoms in total. The first-order valence-corrected chi connectivity index (χ1v) is 7.37. The number of carboxylic acid groups (broad SMARTS) is 1. The lowest BCUT2D eigenvalue weighted by Gasteiger charge is -2.31. The Labute approximate surface area is 125 Å². The number of nitrogens with zero attached hydrogens (tertiary/aromatic N) is 1. The molecule has 0 aromatic heterocycles. The maximum atomic E-state index is 12.1. The van der Waals surface area contributed by atoms with Gasteiger partial charge in [0.1, 0.15) is 6.04 Å². The SMILES string of the molecule is CC(C)CNC(=O)C(C)NC(=O)N1CCC[C@H](C(=O)O)C1. The number of piperidine rings is 1. The van der Waals surface area contributed by atoms with Crippen molar-refractivity contribution in [1.29, 1.82) is 0 Å². The van der Waals surface area contributed by atoms with Crippen LogP contribution in [0.5, 0.6) is 0 Å². The van der Waals surface area contributed by atoms with E-state index < -0.39 is 17.9 Å². The van der Waals surface area contributed by atoms with Crippen LogP contribution in [0.1, 0.15) is 33.6 Å². The number of urea groups is 1. The van der Waals surface area contributed by atoms with Crippen LogP contribution in [-0.2, 0) is 9.59 Å². The van der Waals surface area contributed by atoms with E-state index in [1.807, 2.05) is 13.8 Å². The predicted octanol–water partition coefficient (Wildman–Crippen LogP) is 0.653. The van der Waals surface area contributed by atoms with Crippen LogP contribution >= 0.6 is 0 Å². The van der Waals surface area contributed by atoms with Gasteiger partial charge in [0.2, 0.25) is 5.91 Å². The number of hydrogen-bond donors (Lipinski definition) is 3. The van der Waals surface area contributed by atoms with Crippen molar-refractivity contribution in [1.82, 2.24) is 15.5 Å². The van der Waals surface area contributed by atoms with Gasteiger partial charge in [-0.2, -0.15) is 0 Å². The van der Waals surface area contributed by atoms with Crippen LogP contribution in [0.15, 0.2) is 0 Å². The second kappa shape index (κ2) is 7.85. The number of likely N-dealkylation sites (tertiary alicyclic amines) is 1. The Morgan fingerprint density at radius 3 is 2.52 bits per heavy atom. The summed E-state index contributed by atoms with van der Waals surface area (Å²) in [6.45, 7) is 6.88. The molecular weight excluding hydrogens is 274 g/mol. The van der Waals surface area contributed by atoms with Gasteiger partial charge in [-0.3, -0.25) is 9.59 Å². The van der Waals surface area contributed by atoms with E-state index in [2.05, 4.69) is 10.6 Å². The molecule has 0 bridgehead atoms. The molecule has 120 valence electrons. The summed E-state index contributed by atoms with van der Waals surface area (Å²) < 4.78 is 0. The highest BCUT2D eigenvalue weighted by Gasteiger charge is 2.29. The lowest BCUT2D eigenvalue weighted by atomic mass is 9.99. The zero-order valence-electron chi connectivity index (χ0n) is 12.9. The van der Waals surface area contributed by atoms with Gasteiger partial charge in [0.05, 0.1) is 5.92 Å². The van der Waals surface area contributed by atoms with Crippen molar-refractivity contribution in [3.05, 3.63) is 0 Å². The highest BCUT2D eigenvalue weighted by atomic mass is 16.4. The number of carboxylic acids is 1. The number of carbonyl (C=O) groups excluding carboxylic acids is 2. The molecule has 0 aliphatic carbocycles. The van der Waals surface area contributed by atoms with Gasteiger partial charge in [0.25, 0.3) is 0 Å². The molecule has 0 saturated carbocycles. The summed E-state index contributed by atoms with van der Waals surface area (Å²) in [6.07, 6.45) is 1.25. The summed E-state index contributed by atoms with van der Waals surface area (Å²) in [5.74, 6) is -1.29. The molecule has 1 unspecified atom stereocenters. The van der Waals surface area contributed by atoms with Gasteiger partial charge >= 0.3 is 12.0 Å². The monoisotopic (exact) mass is 299 g/mol. The largest absolute Gasteiger partial charge is 0.481 e. The van der Waals surface area contributed by atoms with Crippen molar-refractivity contribution >= 4 is 17.9 Å². The average Bonchev–Trinajstić information content (AvgIpc) is 2.44. The first-order chi connectivity index (χ1) is 9.81. The molecule has 3 amide bonds. The molecule has 1 fully saturated rings. The molecule has 0 aromatic rings. The lowest BCUT2D eigenvalue weighted by Crippen LogP contribution is -2.53. The Morgan fingerprint density at radius 2 is 1.95 bits per heavy atom. The van der Waals surface area contributed by atoms with Gasteiger partial charge in [0, 0.05) is 19.6 Å². The molecule has 1 saturated heterocycles. The lowest BCUT2D eigenvalue weighted by molar-refractivity contribution is -0.143. The van der Waals surface area contributed by atoms with E-state index in [-0.39, 0.29) is 18.5 Å². The summed E-state index contributed by atoms with van der Waals surface area (Å²) in [7, 11) is 0. The number of aliphatic carboxylic acids is 1. The Morgan fingerprint density at radius 1 is 1.29 bits per heavy atom. The molecule has 3 N–H and O–H groups in total. The maximum absolute atomic E-state index is 12.1. The third-order valence-electron chi connectivity index (χ3n) is 3.48. The summed E-state index contributed by atoms with van der Waals surface area (Å²) in [6, 6.07) is -1.02. The zero-order valence-corrected chi connectivity index (χ0v) is 12.9. The van der Waals surface area contributed by atoms with Crippen LogP contribution in [0.25, 0.3) is 0 Å². The first kappa shape index (κ1) is 17.3. The van der Waals surface area contributed by atoms with Crippen LogP contribution in [0.3, 0.4) is 0 Å². The summed E-state index contributed by atoms with van der Waals surface area (Å²) in [5, 5.41) is 14.4. The normalized spacial score (nSPS) is 20.0. The van der Waals surface area contributed by atoms with Crippen molar-refractivity contribution in [2.24, 2.45) is 11.8 Å². The second-order valence-electron chi connectivity index (χ2n) is 5.93. The number of amides is 3. The first-order valence-electron chi connectivity index (χ1n) is 7.37. The number of nitrogens with one attached hydrogen (secondary N) is 2. The highest BCUT2D eigenvalue weighted by molar-refractivity contribution is 5.86. The Kier molecular flexibility index (Phi) is 6.45. The topological polar surface area (TPSA) is 98.7 Å². The fraction of sp³-hybridized carbons (Fsp3) is 0.786. The third-order valence-corrected chi connectivity index (χ3v) is 3.48. The molecule has 1 aliphatic rings. The highest BCUT2D eigenvalue weighted by Crippen LogP contribution is 2.16. The van der Waals surface area contributed by atoms with Gasteiger partial charge < -0.3 is 20.6 Å². The van der Waals surface area contributed by atoms with E-state index in [0.29, 0.717) is 31.8 Å². The third kappa shape index (κ3) is 5.61. The molecule has 0 radical (unpaired) electrons. The molecule has 1 heterocycles. The summed E-state index contributed by atoms with van der Waals surface area (Å²) in [4.78, 5) is 36.3. The molecule has 0 spiro atoms. The van der Waals surface area contributed by atoms with Gasteiger partial charge in [0.15, 0.2) is 0 Å². The number of carbonyl (C=O) groups is 3. The minimum Gasteiger partial charge on any atom is -0.481 e. The summed E-state index contributed by atoms with van der Waals surface area (Å²) in [5.41, 5.74) is 0. The zero-order chi connectivity index (χ0) is 16.0. The predicted molar refractivity (Wildman–Crippen MR) is 77.8 cm³/mol.